The highest BCUT2D eigenvalue weighted by atomic mass is 79.9. The van der Waals surface area contributed by atoms with E-state index in [0.29, 0.717) is 0 Å². The molecule has 3 aromatic carbocycles. The lowest BCUT2D eigenvalue weighted by Gasteiger charge is -2.10. The van der Waals surface area contributed by atoms with Gasteiger partial charge in [-0.15, -0.1) is 0 Å². The third kappa shape index (κ3) is 1.94. The summed E-state index contributed by atoms with van der Waals surface area (Å²) in [6.45, 7) is 0. The number of fused-ring (bicyclic) bond motifs is 1. The topological polar surface area (TPSA) is 0 Å². The quantitative estimate of drug-likeness (QED) is 0.522. The second kappa shape index (κ2) is 4.75. The number of hydrogen-bond acceptors (Lipinski definition) is 0. The first-order valence-corrected chi connectivity index (χ1v) is 6.86. The molecule has 0 fully saturated rings. The standard InChI is InChI=1S/C16H10BrCl/c17-14-9-4-6-11-5-3-8-13(16(11)14)12-7-1-2-10-15(12)18/h1-10H. The van der Waals surface area contributed by atoms with Gasteiger partial charge in [-0.25, -0.2) is 0 Å². The molecule has 0 radical (unpaired) electrons. The maximum absolute atomic E-state index is 6.30. The fraction of sp³-hybridized carbons (Fsp3) is 0. The zero-order valence-corrected chi connectivity index (χ0v) is 11.9. The molecule has 0 atom stereocenters. The van der Waals surface area contributed by atoms with Crippen LogP contribution in [0.4, 0.5) is 0 Å². The van der Waals surface area contributed by atoms with Crippen LogP contribution in [0.25, 0.3) is 21.9 Å². The monoisotopic (exact) mass is 316 g/mol. The first-order chi connectivity index (χ1) is 8.77. The molecule has 0 spiro atoms. The molecule has 88 valence electrons. The summed E-state index contributed by atoms with van der Waals surface area (Å²) in [6.07, 6.45) is 0. The van der Waals surface area contributed by atoms with Crippen LogP contribution < -0.4 is 0 Å². The predicted molar refractivity (Wildman–Crippen MR) is 82.1 cm³/mol. The van der Waals surface area contributed by atoms with Crippen LogP contribution in [-0.4, -0.2) is 0 Å². The van der Waals surface area contributed by atoms with E-state index >= 15 is 0 Å². The van der Waals surface area contributed by atoms with Crippen LogP contribution in [0.1, 0.15) is 0 Å². The zero-order chi connectivity index (χ0) is 12.5. The maximum Gasteiger partial charge on any atom is 0.0484 e. The Morgan fingerprint density at radius 1 is 0.722 bits per heavy atom. The molecule has 0 aliphatic heterocycles. The Balaban J connectivity index is 2.40. The molecule has 0 aromatic heterocycles. The smallest absolute Gasteiger partial charge is 0.0484 e. The van der Waals surface area contributed by atoms with E-state index in [4.69, 9.17) is 11.6 Å². The second-order valence-electron chi connectivity index (χ2n) is 4.12. The van der Waals surface area contributed by atoms with Crippen molar-refractivity contribution in [2.75, 3.05) is 0 Å². The average molecular weight is 318 g/mol. The summed E-state index contributed by atoms with van der Waals surface area (Å²) in [7, 11) is 0. The van der Waals surface area contributed by atoms with Crippen molar-refractivity contribution in [3.63, 3.8) is 0 Å². The molecule has 0 bridgehead atoms. The van der Waals surface area contributed by atoms with Crippen molar-refractivity contribution in [1.29, 1.82) is 0 Å². The van der Waals surface area contributed by atoms with Gasteiger partial charge in [-0.3, -0.25) is 0 Å². The Morgan fingerprint density at radius 3 is 2.17 bits per heavy atom. The summed E-state index contributed by atoms with van der Waals surface area (Å²) >= 11 is 9.92. The van der Waals surface area contributed by atoms with Crippen LogP contribution in [0, 0.1) is 0 Å². The molecular weight excluding hydrogens is 308 g/mol. The van der Waals surface area contributed by atoms with Crippen LogP contribution in [0.3, 0.4) is 0 Å². The van der Waals surface area contributed by atoms with Crippen molar-refractivity contribution >= 4 is 38.3 Å². The summed E-state index contributed by atoms with van der Waals surface area (Å²) in [5.41, 5.74) is 2.22. The highest BCUT2D eigenvalue weighted by Gasteiger charge is 2.08. The van der Waals surface area contributed by atoms with Crippen LogP contribution in [-0.2, 0) is 0 Å². The Kier molecular flexibility index (Phi) is 3.11. The minimum atomic E-state index is 0.778. The lowest BCUT2D eigenvalue weighted by Crippen LogP contribution is -1.83. The molecule has 18 heavy (non-hydrogen) atoms. The van der Waals surface area contributed by atoms with Gasteiger partial charge in [-0.1, -0.05) is 76.1 Å². The first-order valence-electron chi connectivity index (χ1n) is 5.69. The van der Waals surface area contributed by atoms with Crippen LogP contribution in [0.15, 0.2) is 65.1 Å². The van der Waals surface area contributed by atoms with E-state index in [9.17, 15) is 0 Å². The van der Waals surface area contributed by atoms with Gasteiger partial charge in [-0.05, 0) is 23.1 Å². The maximum atomic E-state index is 6.30. The lowest BCUT2D eigenvalue weighted by atomic mass is 9.98. The third-order valence-corrected chi connectivity index (χ3v) is 4.01. The predicted octanol–water partition coefficient (Wildman–Crippen LogP) is 5.92. The Morgan fingerprint density at radius 2 is 1.39 bits per heavy atom. The highest BCUT2D eigenvalue weighted by molar-refractivity contribution is 9.10. The SMILES string of the molecule is Clc1ccccc1-c1cccc2cccc(Br)c12. The molecule has 0 unspecified atom stereocenters. The molecular formula is C16H10BrCl. The van der Waals surface area contributed by atoms with E-state index in [1.54, 1.807) is 0 Å². The minimum absolute atomic E-state index is 0.778. The number of benzene rings is 3. The van der Waals surface area contributed by atoms with Crippen molar-refractivity contribution < 1.29 is 0 Å². The summed E-state index contributed by atoms with van der Waals surface area (Å²) in [6, 6.07) is 20.4. The zero-order valence-electron chi connectivity index (χ0n) is 9.53. The summed E-state index contributed by atoms with van der Waals surface area (Å²) in [5.74, 6) is 0. The van der Waals surface area contributed by atoms with Gasteiger partial charge in [0.25, 0.3) is 0 Å². The van der Waals surface area contributed by atoms with Crippen molar-refractivity contribution in [1.82, 2.24) is 0 Å². The largest absolute Gasteiger partial charge is 0.0837 e. The van der Waals surface area contributed by atoms with Crippen molar-refractivity contribution in [3.05, 3.63) is 70.2 Å². The van der Waals surface area contributed by atoms with Crippen molar-refractivity contribution in [2.24, 2.45) is 0 Å². The van der Waals surface area contributed by atoms with Gasteiger partial charge in [0.15, 0.2) is 0 Å². The lowest BCUT2D eigenvalue weighted by molar-refractivity contribution is 1.64. The molecule has 0 saturated heterocycles. The van der Waals surface area contributed by atoms with Crippen LogP contribution in [0.5, 0.6) is 0 Å². The molecule has 3 aromatic rings. The van der Waals surface area contributed by atoms with E-state index < -0.39 is 0 Å². The minimum Gasteiger partial charge on any atom is -0.0837 e. The summed E-state index contributed by atoms with van der Waals surface area (Å²) in [5, 5.41) is 3.19. The fourth-order valence-electron chi connectivity index (χ4n) is 2.20. The number of rotatable bonds is 1. The Labute approximate surface area is 119 Å². The van der Waals surface area contributed by atoms with Crippen LogP contribution >= 0.6 is 27.5 Å². The van der Waals surface area contributed by atoms with Gasteiger partial charge < -0.3 is 0 Å². The van der Waals surface area contributed by atoms with Gasteiger partial charge in [0.2, 0.25) is 0 Å². The molecule has 0 amide bonds. The molecule has 0 saturated carbocycles. The van der Waals surface area contributed by atoms with Crippen molar-refractivity contribution in [2.45, 2.75) is 0 Å². The Bertz CT molecular complexity index is 714. The molecule has 0 N–H and O–H groups in total. The molecule has 0 aliphatic rings. The highest BCUT2D eigenvalue weighted by Crippen LogP contribution is 2.36. The third-order valence-electron chi connectivity index (χ3n) is 3.02. The first kappa shape index (κ1) is 11.8. The average Bonchev–Trinajstić information content (AvgIpc) is 2.39. The van der Waals surface area contributed by atoms with Crippen LogP contribution in [0.2, 0.25) is 5.02 Å². The van der Waals surface area contributed by atoms with Gasteiger partial charge in [0, 0.05) is 20.4 Å². The molecule has 0 heterocycles. The summed E-state index contributed by atoms with van der Waals surface area (Å²) < 4.78 is 1.09. The normalized spacial score (nSPS) is 10.8. The Hall–Kier alpha value is -1.31. The fourth-order valence-corrected chi connectivity index (χ4v) is 3.03. The van der Waals surface area contributed by atoms with E-state index in [2.05, 4.69) is 52.3 Å². The van der Waals surface area contributed by atoms with E-state index in [0.717, 1.165) is 20.6 Å². The van der Waals surface area contributed by atoms with Crippen molar-refractivity contribution in [3.8, 4) is 11.1 Å². The van der Waals surface area contributed by atoms with E-state index in [1.807, 2.05) is 24.3 Å². The number of halogens is 2. The molecule has 0 nitrogen and oxygen atoms in total. The van der Waals surface area contributed by atoms with Gasteiger partial charge in [0.1, 0.15) is 0 Å². The number of hydrogen-bond donors (Lipinski definition) is 0. The van der Waals surface area contributed by atoms with Gasteiger partial charge in [0.05, 0.1) is 0 Å². The molecule has 2 heteroatoms. The van der Waals surface area contributed by atoms with Gasteiger partial charge >= 0.3 is 0 Å². The molecule has 3 rings (SSSR count). The van der Waals surface area contributed by atoms with E-state index in [-0.39, 0.29) is 0 Å². The van der Waals surface area contributed by atoms with Gasteiger partial charge in [-0.2, -0.15) is 0 Å². The second-order valence-corrected chi connectivity index (χ2v) is 5.38. The molecule has 0 aliphatic carbocycles. The van der Waals surface area contributed by atoms with E-state index in [1.165, 1.54) is 10.8 Å². The summed E-state index contributed by atoms with van der Waals surface area (Å²) in [4.78, 5) is 0.